The molecule has 31 heavy (non-hydrogen) atoms. The van der Waals surface area contributed by atoms with Gasteiger partial charge < -0.3 is 19.8 Å². The van der Waals surface area contributed by atoms with Gasteiger partial charge in [-0.2, -0.15) is 5.10 Å². The molecule has 0 aliphatic heterocycles. The Morgan fingerprint density at radius 1 is 1.26 bits per heavy atom. The van der Waals surface area contributed by atoms with Gasteiger partial charge >= 0.3 is 5.91 Å². The SMILES string of the molecule is COc1cccc(CNC(=O)c2nc(-c3nc(Nc4ccnn4C)ncc3C)co2)c1. The van der Waals surface area contributed by atoms with E-state index in [4.69, 9.17) is 9.15 Å². The summed E-state index contributed by atoms with van der Waals surface area (Å²) < 4.78 is 12.3. The predicted octanol–water partition coefficient (Wildman–Crippen LogP) is 2.86. The Morgan fingerprint density at radius 3 is 2.90 bits per heavy atom. The summed E-state index contributed by atoms with van der Waals surface area (Å²) in [7, 11) is 3.41. The second kappa shape index (κ2) is 8.66. The third-order valence-corrected chi connectivity index (χ3v) is 4.56. The van der Waals surface area contributed by atoms with Gasteiger partial charge in [0.15, 0.2) is 0 Å². The van der Waals surface area contributed by atoms with Gasteiger partial charge in [-0.05, 0) is 30.2 Å². The lowest BCUT2D eigenvalue weighted by molar-refractivity contribution is 0.0916. The Hall–Kier alpha value is -4.21. The van der Waals surface area contributed by atoms with Crippen molar-refractivity contribution in [2.24, 2.45) is 7.05 Å². The molecule has 0 unspecified atom stereocenters. The van der Waals surface area contributed by atoms with E-state index in [0.717, 1.165) is 22.7 Å². The van der Waals surface area contributed by atoms with Crippen LogP contribution >= 0.6 is 0 Å². The largest absolute Gasteiger partial charge is 0.497 e. The highest BCUT2D eigenvalue weighted by Crippen LogP contribution is 2.22. The normalized spacial score (nSPS) is 10.7. The topological polar surface area (TPSA) is 120 Å². The molecule has 0 radical (unpaired) electrons. The Morgan fingerprint density at radius 2 is 2.13 bits per heavy atom. The number of aromatic nitrogens is 5. The van der Waals surface area contributed by atoms with E-state index < -0.39 is 5.91 Å². The number of hydrogen-bond acceptors (Lipinski definition) is 8. The molecular weight excluding hydrogens is 398 g/mol. The fourth-order valence-electron chi connectivity index (χ4n) is 2.90. The lowest BCUT2D eigenvalue weighted by Gasteiger charge is -2.07. The summed E-state index contributed by atoms with van der Waals surface area (Å²) in [5.74, 6) is 1.38. The van der Waals surface area contributed by atoms with Gasteiger partial charge in [-0.15, -0.1) is 0 Å². The van der Waals surface area contributed by atoms with Gasteiger partial charge in [0.2, 0.25) is 5.95 Å². The minimum absolute atomic E-state index is 0.0444. The number of aryl methyl sites for hydroxylation is 2. The van der Waals surface area contributed by atoms with Crippen LogP contribution in [0.15, 0.2) is 53.4 Å². The maximum Gasteiger partial charge on any atom is 0.307 e. The van der Waals surface area contributed by atoms with Crippen molar-refractivity contribution < 1.29 is 13.9 Å². The molecule has 3 aromatic heterocycles. The van der Waals surface area contributed by atoms with Crippen molar-refractivity contribution in [2.75, 3.05) is 12.4 Å². The van der Waals surface area contributed by atoms with E-state index >= 15 is 0 Å². The molecule has 10 heteroatoms. The molecule has 0 bridgehead atoms. The van der Waals surface area contributed by atoms with Crippen molar-refractivity contribution in [2.45, 2.75) is 13.5 Å². The molecular formula is C21H21N7O3. The van der Waals surface area contributed by atoms with E-state index in [1.165, 1.54) is 6.26 Å². The average molecular weight is 419 g/mol. The second-order valence-electron chi connectivity index (χ2n) is 6.76. The Bertz CT molecular complexity index is 1220. The van der Waals surface area contributed by atoms with Crippen LogP contribution in [-0.4, -0.2) is 37.7 Å². The summed E-state index contributed by atoms with van der Waals surface area (Å²) in [6.45, 7) is 2.18. The summed E-state index contributed by atoms with van der Waals surface area (Å²) in [5, 5.41) is 9.99. The van der Waals surface area contributed by atoms with Gasteiger partial charge in [-0.1, -0.05) is 12.1 Å². The van der Waals surface area contributed by atoms with Crippen molar-refractivity contribution in [3.05, 3.63) is 66.0 Å². The highest BCUT2D eigenvalue weighted by molar-refractivity contribution is 5.90. The molecule has 2 N–H and O–H groups in total. The van der Waals surface area contributed by atoms with Crippen LogP contribution in [0, 0.1) is 6.92 Å². The molecule has 158 valence electrons. The molecule has 0 spiro atoms. The first-order chi connectivity index (χ1) is 15.0. The zero-order valence-corrected chi connectivity index (χ0v) is 17.3. The van der Waals surface area contributed by atoms with Crippen LogP contribution in [0.3, 0.4) is 0 Å². The van der Waals surface area contributed by atoms with Crippen LogP contribution in [0.5, 0.6) is 5.75 Å². The number of rotatable bonds is 7. The zero-order valence-electron chi connectivity index (χ0n) is 17.3. The molecule has 0 aliphatic rings. The third-order valence-electron chi connectivity index (χ3n) is 4.56. The molecule has 0 aliphatic carbocycles. The second-order valence-corrected chi connectivity index (χ2v) is 6.76. The number of nitrogens with one attached hydrogen (secondary N) is 2. The van der Waals surface area contributed by atoms with Gasteiger partial charge in [0.25, 0.3) is 5.89 Å². The maximum atomic E-state index is 12.5. The number of nitrogens with zero attached hydrogens (tertiary/aromatic N) is 5. The monoisotopic (exact) mass is 419 g/mol. The minimum Gasteiger partial charge on any atom is -0.497 e. The van der Waals surface area contributed by atoms with Crippen LogP contribution in [0.25, 0.3) is 11.4 Å². The quantitative estimate of drug-likeness (QED) is 0.469. The summed E-state index contributed by atoms with van der Waals surface area (Å²) in [4.78, 5) is 25.6. The van der Waals surface area contributed by atoms with E-state index in [-0.39, 0.29) is 5.89 Å². The van der Waals surface area contributed by atoms with Gasteiger partial charge in [0.05, 0.1) is 13.3 Å². The van der Waals surface area contributed by atoms with Gasteiger partial charge in [0.1, 0.15) is 29.2 Å². The summed E-state index contributed by atoms with van der Waals surface area (Å²) in [6.07, 6.45) is 4.76. The molecule has 0 fully saturated rings. The number of methoxy groups -OCH3 is 1. The molecule has 1 amide bonds. The van der Waals surface area contributed by atoms with E-state index in [9.17, 15) is 4.79 Å². The zero-order chi connectivity index (χ0) is 21.8. The molecule has 0 atom stereocenters. The van der Waals surface area contributed by atoms with E-state index in [1.807, 2.05) is 44.3 Å². The lowest BCUT2D eigenvalue weighted by Crippen LogP contribution is -2.23. The van der Waals surface area contributed by atoms with Crippen LogP contribution in [-0.2, 0) is 13.6 Å². The third kappa shape index (κ3) is 4.53. The number of benzene rings is 1. The van der Waals surface area contributed by atoms with Gasteiger partial charge in [-0.3, -0.25) is 9.48 Å². The summed E-state index contributed by atoms with van der Waals surface area (Å²) in [6, 6.07) is 9.25. The Kier molecular flexibility index (Phi) is 5.61. The highest BCUT2D eigenvalue weighted by Gasteiger charge is 2.17. The number of oxazole rings is 1. The van der Waals surface area contributed by atoms with Crippen molar-refractivity contribution in [1.29, 1.82) is 0 Å². The molecule has 3 heterocycles. The Labute approximate surface area is 178 Å². The number of carbonyl (C=O) groups is 1. The first kappa shape index (κ1) is 20.1. The smallest absolute Gasteiger partial charge is 0.307 e. The molecule has 10 nitrogen and oxygen atoms in total. The Balaban J connectivity index is 1.48. The van der Waals surface area contributed by atoms with Crippen molar-refractivity contribution in [3.63, 3.8) is 0 Å². The molecule has 0 saturated carbocycles. The minimum atomic E-state index is -0.422. The van der Waals surface area contributed by atoms with Crippen LogP contribution in [0.4, 0.5) is 11.8 Å². The number of anilines is 2. The maximum absolute atomic E-state index is 12.5. The highest BCUT2D eigenvalue weighted by atomic mass is 16.5. The first-order valence-electron chi connectivity index (χ1n) is 9.49. The van der Waals surface area contributed by atoms with E-state index in [0.29, 0.717) is 23.9 Å². The first-order valence-corrected chi connectivity index (χ1v) is 9.49. The molecule has 1 aromatic carbocycles. The van der Waals surface area contributed by atoms with Crippen LogP contribution in [0.2, 0.25) is 0 Å². The van der Waals surface area contributed by atoms with Crippen molar-refractivity contribution in [1.82, 2.24) is 30.0 Å². The number of ether oxygens (including phenoxy) is 1. The summed E-state index contributed by atoms with van der Waals surface area (Å²) in [5.41, 5.74) is 2.71. The van der Waals surface area contributed by atoms with Gasteiger partial charge in [-0.25, -0.2) is 15.0 Å². The molecule has 0 saturated heterocycles. The van der Waals surface area contributed by atoms with Gasteiger partial charge in [0, 0.05) is 25.9 Å². The van der Waals surface area contributed by atoms with Crippen LogP contribution < -0.4 is 15.4 Å². The van der Waals surface area contributed by atoms with Crippen molar-refractivity contribution >= 4 is 17.7 Å². The fourth-order valence-corrected chi connectivity index (χ4v) is 2.90. The fraction of sp³-hybridized carbons (Fsp3) is 0.190. The standard InChI is InChI=1S/C21H21N7O3/c1-13-10-23-21(26-17-7-8-24-28(17)2)27-18(13)16-12-31-20(25-16)19(29)22-11-14-5-4-6-15(9-14)30-3/h4-10,12H,11H2,1-3H3,(H,22,29)(H,23,26,27). The molecule has 4 rings (SSSR count). The van der Waals surface area contributed by atoms with E-state index in [2.05, 4.69) is 30.7 Å². The predicted molar refractivity (Wildman–Crippen MR) is 113 cm³/mol. The van der Waals surface area contributed by atoms with Crippen molar-refractivity contribution in [3.8, 4) is 17.1 Å². The molecule has 4 aromatic rings. The number of amides is 1. The van der Waals surface area contributed by atoms with Crippen LogP contribution in [0.1, 0.15) is 21.8 Å². The van der Waals surface area contributed by atoms with E-state index in [1.54, 1.807) is 24.2 Å². The number of carbonyl (C=O) groups excluding carboxylic acids is 1. The average Bonchev–Trinajstić information content (AvgIpc) is 3.43. The number of hydrogen-bond donors (Lipinski definition) is 2. The summed E-state index contributed by atoms with van der Waals surface area (Å²) >= 11 is 0. The lowest BCUT2D eigenvalue weighted by atomic mass is 10.2.